The highest BCUT2D eigenvalue weighted by Gasteiger charge is 2.14. The van der Waals surface area contributed by atoms with Crippen molar-refractivity contribution in [3.8, 4) is 0 Å². The molecule has 2 aromatic rings. The van der Waals surface area contributed by atoms with Crippen molar-refractivity contribution in [3.05, 3.63) is 46.4 Å². The third kappa shape index (κ3) is 4.20. The Labute approximate surface area is 125 Å². The van der Waals surface area contributed by atoms with Gasteiger partial charge in [0.05, 0.1) is 12.6 Å². The van der Waals surface area contributed by atoms with Crippen molar-refractivity contribution >= 4 is 11.3 Å². The Morgan fingerprint density at radius 2 is 2.05 bits per heavy atom. The van der Waals surface area contributed by atoms with E-state index in [9.17, 15) is 5.11 Å². The van der Waals surface area contributed by atoms with Crippen LogP contribution in [0.2, 0.25) is 0 Å². The molecule has 0 saturated carbocycles. The van der Waals surface area contributed by atoms with Gasteiger partial charge >= 0.3 is 0 Å². The standard InChI is InChI=1S/C16H24N2OS/c1-13(2)18(10-14(3)19)11-15-6-4-8-17(15)12-16-7-5-9-20-16/h4-9,13-14,19H,10-12H2,1-3H3. The molecule has 0 aliphatic carbocycles. The van der Waals surface area contributed by atoms with Crippen LogP contribution in [0.1, 0.15) is 31.3 Å². The Kier molecular flexibility index (Phi) is 5.40. The van der Waals surface area contributed by atoms with Crippen molar-refractivity contribution in [1.29, 1.82) is 0 Å². The summed E-state index contributed by atoms with van der Waals surface area (Å²) in [6, 6.07) is 8.96. The molecule has 110 valence electrons. The summed E-state index contributed by atoms with van der Waals surface area (Å²) in [4.78, 5) is 3.68. The first-order valence-corrected chi connectivity index (χ1v) is 8.02. The molecule has 2 aromatic heterocycles. The SMILES string of the molecule is CC(O)CN(Cc1cccn1Cc1cccs1)C(C)C. The van der Waals surface area contributed by atoms with Gasteiger partial charge in [0.25, 0.3) is 0 Å². The van der Waals surface area contributed by atoms with Crippen LogP contribution in [0, 0.1) is 0 Å². The number of aliphatic hydroxyl groups excluding tert-OH is 1. The molecule has 4 heteroatoms. The van der Waals surface area contributed by atoms with Gasteiger partial charge in [-0.1, -0.05) is 6.07 Å². The van der Waals surface area contributed by atoms with E-state index in [-0.39, 0.29) is 6.10 Å². The summed E-state index contributed by atoms with van der Waals surface area (Å²) in [5.41, 5.74) is 1.30. The molecule has 0 radical (unpaired) electrons. The summed E-state index contributed by atoms with van der Waals surface area (Å²) in [5.74, 6) is 0. The minimum atomic E-state index is -0.293. The Balaban J connectivity index is 2.06. The Hall–Kier alpha value is -1.10. The summed E-state index contributed by atoms with van der Waals surface area (Å²) in [6.07, 6.45) is 1.84. The number of thiophene rings is 1. The van der Waals surface area contributed by atoms with Crippen molar-refractivity contribution < 1.29 is 5.11 Å². The first-order valence-electron chi connectivity index (χ1n) is 7.14. The number of nitrogens with zero attached hydrogens (tertiary/aromatic N) is 2. The molecule has 0 aliphatic heterocycles. The minimum Gasteiger partial charge on any atom is -0.392 e. The van der Waals surface area contributed by atoms with Crippen LogP contribution in [0.4, 0.5) is 0 Å². The molecule has 0 amide bonds. The van der Waals surface area contributed by atoms with Gasteiger partial charge < -0.3 is 9.67 Å². The fourth-order valence-corrected chi connectivity index (χ4v) is 3.03. The lowest BCUT2D eigenvalue weighted by Gasteiger charge is -2.28. The minimum absolute atomic E-state index is 0.293. The van der Waals surface area contributed by atoms with E-state index in [1.165, 1.54) is 10.6 Å². The molecule has 0 aromatic carbocycles. The average Bonchev–Trinajstić information content (AvgIpc) is 3.01. The molecule has 1 atom stereocenters. The van der Waals surface area contributed by atoms with Crippen LogP contribution in [0.15, 0.2) is 35.8 Å². The molecule has 2 heterocycles. The molecule has 0 aliphatic rings. The molecule has 1 unspecified atom stereocenters. The molecular formula is C16H24N2OS. The molecule has 3 nitrogen and oxygen atoms in total. The van der Waals surface area contributed by atoms with Crippen LogP contribution in [0.3, 0.4) is 0 Å². The van der Waals surface area contributed by atoms with Crippen LogP contribution in [-0.2, 0) is 13.1 Å². The van der Waals surface area contributed by atoms with Crippen LogP contribution in [0.25, 0.3) is 0 Å². The lowest BCUT2D eigenvalue weighted by molar-refractivity contribution is 0.101. The van der Waals surface area contributed by atoms with Crippen LogP contribution in [0.5, 0.6) is 0 Å². The molecular weight excluding hydrogens is 268 g/mol. The van der Waals surface area contributed by atoms with E-state index in [0.29, 0.717) is 12.6 Å². The van der Waals surface area contributed by atoms with Crippen molar-refractivity contribution in [2.75, 3.05) is 6.54 Å². The predicted octanol–water partition coefficient (Wildman–Crippen LogP) is 3.19. The molecule has 0 saturated heterocycles. The first-order chi connectivity index (χ1) is 9.56. The molecule has 2 rings (SSSR count). The van der Waals surface area contributed by atoms with Gasteiger partial charge in [0.1, 0.15) is 0 Å². The zero-order valence-corrected chi connectivity index (χ0v) is 13.3. The van der Waals surface area contributed by atoms with Gasteiger partial charge in [-0.05, 0) is 44.4 Å². The lowest BCUT2D eigenvalue weighted by atomic mass is 10.2. The molecule has 20 heavy (non-hydrogen) atoms. The van der Waals surface area contributed by atoms with E-state index < -0.39 is 0 Å². The number of hydrogen-bond acceptors (Lipinski definition) is 3. The zero-order valence-electron chi connectivity index (χ0n) is 12.5. The van der Waals surface area contributed by atoms with Crippen LogP contribution in [-0.4, -0.2) is 33.3 Å². The van der Waals surface area contributed by atoms with Crippen LogP contribution < -0.4 is 0 Å². The number of rotatable bonds is 7. The Bertz CT molecular complexity index is 502. The van der Waals surface area contributed by atoms with E-state index in [0.717, 1.165) is 13.1 Å². The summed E-state index contributed by atoms with van der Waals surface area (Å²) < 4.78 is 2.29. The second-order valence-electron chi connectivity index (χ2n) is 5.58. The zero-order chi connectivity index (χ0) is 14.5. The maximum absolute atomic E-state index is 9.63. The summed E-state index contributed by atoms with van der Waals surface area (Å²) in [5, 5.41) is 11.7. The highest BCUT2D eigenvalue weighted by molar-refractivity contribution is 7.09. The summed E-state index contributed by atoms with van der Waals surface area (Å²) in [6.45, 7) is 8.72. The van der Waals surface area contributed by atoms with Crippen molar-refractivity contribution in [2.24, 2.45) is 0 Å². The second kappa shape index (κ2) is 7.07. The highest BCUT2D eigenvalue weighted by atomic mass is 32.1. The Morgan fingerprint density at radius 1 is 1.25 bits per heavy atom. The van der Waals surface area contributed by atoms with E-state index >= 15 is 0 Å². The predicted molar refractivity (Wildman–Crippen MR) is 85.1 cm³/mol. The van der Waals surface area contributed by atoms with Crippen molar-refractivity contribution in [1.82, 2.24) is 9.47 Å². The van der Waals surface area contributed by atoms with E-state index in [2.05, 4.69) is 59.2 Å². The third-order valence-corrected chi connectivity index (χ3v) is 4.29. The largest absolute Gasteiger partial charge is 0.392 e. The van der Waals surface area contributed by atoms with Crippen LogP contribution >= 0.6 is 11.3 Å². The van der Waals surface area contributed by atoms with E-state index in [1.54, 1.807) is 11.3 Å². The lowest BCUT2D eigenvalue weighted by Crippen LogP contribution is -2.36. The topological polar surface area (TPSA) is 28.4 Å². The molecule has 0 fully saturated rings. The summed E-state index contributed by atoms with van der Waals surface area (Å²) in [7, 11) is 0. The Morgan fingerprint density at radius 3 is 2.65 bits per heavy atom. The number of aromatic nitrogens is 1. The van der Waals surface area contributed by atoms with E-state index in [4.69, 9.17) is 0 Å². The number of aliphatic hydroxyl groups is 1. The number of hydrogen-bond donors (Lipinski definition) is 1. The van der Waals surface area contributed by atoms with Gasteiger partial charge in [-0.3, -0.25) is 4.90 Å². The quantitative estimate of drug-likeness (QED) is 0.849. The maximum atomic E-state index is 9.63. The van der Waals surface area contributed by atoms with Crippen molar-refractivity contribution in [3.63, 3.8) is 0 Å². The fourth-order valence-electron chi connectivity index (χ4n) is 2.32. The normalized spacial score (nSPS) is 13.3. The second-order valence-corrected chi connectivity index (χ2v) is 6.61. The van der Waals surface area contributed by atoms with Gasteiger partial charge in [0, 0.05) is 35.9 Å². The van der Waals surface area contributed by atoms with Gasteiger partial charge in [0.2, 0.25) is 0 Å². The fraction of sp³-hybridized carbons (Fsp3) is 0.500. The monoisotopic (exact) mass is 292 g/mol. The van der Waals surface area contributed by atoms with Gasteiger partial charge in [-0.15, -0.1) is 11.3 Å². The maximum Gasteiger partial charge on any atom is 0.0639 e. The smallest absolute Gasteiger partial charge is 0.0639 e. The molecule has 1 N–H and O–H groups in total. The van der Waals surface area contributed by atoms with Gasteiger partial charge in [-0.2, -0.15) is 0 Å². The van der Waals surface area contributed by atoms with Gasteiger partial charge in [0.15, 0.2) is 0 Å². The van der Waals surface area contributed by atoms with Gasteiger partial charge in [-0.25, -0.2) is 0 Å². The first kappa shape index (κ1) is 15.3. The molecule has 0 bridgehead atoms. The molecule has 0 spiro atoms. The summed E-state index contributed by atoms with van der Waals surface area (Å²) >= 11 is 1.79. The average molecular weight is 292 g/mol. The highest BCUT2D eigenvalue weighted by Crippen LogP contribution is 2.15. The van der Waals surface area contributed by atoms with E-state index in [1.807, 2.05) is 6.92 Å². The third-order valence-electron chi connectivity index (χ3n) is 3.42. The van der Waals surface area contributed by atoms with Crippen molar-refractivity contribution in [2.45, 2.75) is 46.0 Å².